The van der Waals surface area contributed by atoms with Gasteiger partial charge < -0.3 is 20.6 Å². The fraction of sp³-hybridized carbons (Fsp3) is 0.692. The minimum absolute atomic E-state index is 0.174. The Morgan fingerprint density at radius 1 is 1.21 bits per heavy atom. The van der Waals surface area contributed by atoms with Crippen molar-refractivity contribution in [3.05, 3.63) is 12.2 Å². The Balaban J connectivity index is 1.71. The molecule has 1 heterocycles. The number of carbonyl (C=O) groups is 2. The van der Waals surface area contributed by atoms with Crippen LogP contribution in [0.3, 0.4) is 0 Å². The molecule has 3 N–H and O–H groups in total. The van der Waals surface area contributed by atoms with Gasteiger partial charge in [-0.05, 0) is 39.4 Å². The average Bonchev–Trinajstić information content (AvgIpc) is 2.80. The molecule has 6 heteroatoms. The predicted molar refractivity (Wildman–Crippen MR) is 70.9 cm³/mol. The van der Waals surface area contributed by atoms with E-state index in [2.05, 4.69) is 22.6 Å². The maximum atomic E-state index is 11.8. The summed E-state index contributed by atoms with van der Waals surface area (Å²) in [5.74, 6) is -1.31. The molecule has 2 unspecified atom stereocenters. The molecule has 0 aromatic heterocycles. The minimum Gasteiger partial charge on any atom is -0.481 e. The molecule has 0 bridgehead atoms. The molecule has 1 saturated heterocycles. The molecule has 1 aliphatic heterocycles. The third-order valence-electron chi connectivity index (χ3n) is 3.77. The van der Waals surface area contributed by atoms with Crippen LogP contribution in [0.4, 0.5) is 4.79 Å². The van der Waals surface area contributed by atoms with E-state index in [9.17, 15) is 9.59 Å². The third-order valence-corrected chi connectivity index (χ3v) is 3.77. The molecule has 0 aromatic carbocycles. The lowest BCUT2D eigenvalue weighted by atomic mass is 10.1. The van der Waals surface area contributed by atoms with Gasteiger partial charge in [0.25, 0.3) is 0 Å². The zero-order valence-corrected chi connectivity index (χ0v) is 11.1. The second kappa shape index (κ2) is 6.06. The molecule has 0 aromatic rings. The minimum atomic E-state index is -0.837. The van der Waals surface area contributed by atoms with Crippen LogP contribution in [0.15, 0.2) is 12.2 Å². The molecule has 0 saturated carbocycles. The number of hydrogen-bond donors (Lipinski definition) is 3. The highest BCUT2D eigenvalue weighted by Crippen LogP contribution is 2.17. The molecular formula is C13H21N3O3. The maximum absolute atomic E-state index is 11.8. The van der Waals surface area contributed by atoms with Crippen LogP contribution in [0.2, 0.25) is 0 Å². The summed E-state index contributed by atoms with van der Waals surface area (Å²) >= 11 is 0. The highest BCUT2D eigenvalue weighted by atomic mass is 16.4. The molecule has 2 amide bonds. The van der Waals surface area contributed by atoms with Crippen LogP contribution >= 0.6 is 0 Å². The number of piperidine rings is 1. The van der Waals surface area contributed by atoms with Gasteiger partial charge in [-0.1, -0.05) is 12.2 Å². The van der Waals surface area contributed by atoms with E-state index in [0.29, 0.717) is 6.42 Å². The van der Waals surface area contributed by atoms with Crippen molar-refractivity contribution in [3.63, 3.8) is 0 Å². The number of aliphatic carboxylic acids is 1. The fourth-order valence-electron chi connectivity index (χ4n) is 2.54. The van der Waals surface area contributed by atoms with Crippen molar-refractivity contribution >= 4 is 12.0 Å². The van der Waals surface area contributed by atoms with Gasteiger partial charge in [0.15, 0.2) is 0 Å². The van der Waals surface area contributed by atoms with Crippen molar-refractivity contribution in [1.82, 2.24) is 15.5 Å². The first-order valence-corrected chi connectivity index (χ1v) is 6.71. The van der Waals surface area contributed by atoms with E-state index in [1.807, 2.05) is 0 Å². The van der Waals surface area contributed by atoms with Gasteiger partial charge in [0, 0.05) is 6.04 Å². The molecule has 2 rings (SSSR count). The van der Waals surface area contributed by atoms with Gasteiger partial charge in [-0.15, -0.1) is 0 Å². The van der Waals surface area contributed by atoms with Crippen molar-refractivity contribution in [3.8, 4) is 0 Å². The highest BCUT2D eigenvalue weighted by molar-refractivity contribution is 5.76. The quantitative estimate of drug-likeness (QED) is 0.647. The number of carboxylic acid groups (broad SMARTS) is 1. The lowest BCUT2D eigenvalue weighted by Gasteiger charge is -2.29. The first-order chi connectivity index (χ1) is 9.04. The van der Waals surface area contributed by atoms with Crippen molar-refractivity contribution in [1.29, 1.82) is 0 Å². The van der Waals surface area contributed by atoms with Gasteiger partial charge in [-0.3, -0.25) is 4.79 Å². The number of urea groups is 1. The molecule has 6 nitrogen and oxygen atoms in total. The van der Waals surface area contributed by atoms with Gasteiger partial charge >= 0.3 is 12.0 Å². The molecule has 106 valence electrons. The Labute approximate surface area is 112 Å². The smallest absolute Gasteiger partial charge is 0.315 e. The highest BCUT2D eigenvalue weighted by Gasteiger charge is 2.26. The van der Waals surface area contributed by atoms with Gasteiger partial charge in [0.2, 0.25) is 0 Å². The first-order valence-electron chi connectivity index (χ1n) is 6.71. The van der Waals surface area contributed by atoms with Crippen LogP contribution in [0.1, 0.15) is 19.3 Å². The number of rotatable bonds is 3. The van der Waals surface area contributed by atoms with Crippen molar-refractivity contribution in [2.75, 3.05) is 20.1 Å². The third kappa shape index (κ3) is 3.96. The van der Waals surface area contributed by atoms with E-state index in [1.54, 1.807) is 12.2 Å². The van der Waals surface area contributed by atoms with Crippen molar-refractivity contribution in [2.24, 2.45) is 5.92 Å². The standard InChI is InChI=1S/C13H21N3O3/c1-16-6-4-10(5-7-16)14-13(19)15-11-3-2-9(8-11)12(17)18/h2-3,9-11H,4-8H2,1H3,(H,17,18)(H2,14,15,19). The van der Waals surface area contributed by atoms with Gasteiger partial charge in [0.05, 0.1) is 12.0 Å². The molecule has 19 heavy (non-hydrogen) atoms. The maximum Gasteiger partial charge on any atom is 0.315 e. The van der Waals surface area contributed by atoms with E-state index in [1.165, 1.54) is 0 Å². The topological polar surface area (TPSA) is 81.7 Å². The fourth-order valence-corrected chi connectivity index (χ4v) is 2.54. The van der Waals surface area contributed by atoms with Crippen LogP contribution in [0, 0.1) is 5.92 Å². The molecule has 2 aliphatic rings. The Bertz CT molecular complexity index is 375. The number of carbonyl (C=O) groups excluding carboxylic acids is 1. The summed E-state index contributed by atoms with van der Waals surface area (Å²) in [6.45, 7) is 1.99. The molecule has 1 fully saturated rings. The second-order valence-corrected chi connectivity index (χ2v) is 5.37. The Hall–Kier alpha value is -1.56. The molecule has 2 atom stereocenters. The van der Waals surface area contributed by atoms with Crippen molar-refractivity contribution < 1.29 is 14.7 Å². The number of nitrogens with zero attached hydrogens (tertiary/aromatic N) is 1. The summed E-state index contributed by atoms with van der Waals surface area (Å²) < 4.78 is 0. The van der Waals surface area contributed by atoms with Gasteiger partial charge in [-0.2, -0.15) is 0 Å². The van der Waals surface area contributed by atoms with Gasteiger partial charge in [-0.25, -0.2) is 4.79 Å². The number of carboxylic acids is 1. The normalized spacial score (nSPS) is 28.3. The Kier molecular flexibility index (Phi) is 4.42. The van der Waals surface area contributed by atoms with Crippen LogP contribution in [0.25, 0.3) is 0 Å². The number of nitrogens with one attached hydrogen (secondary N) is 2. The summed E-state index contributed by atoms with van der Waals surface area (Å²) in [5.41, 5.74) is 0. The zero-order chi connectivity index (χ0) is 13.8. The average molecular weight is 267 g/mol. The summed E-state index contributed by atoms with van der Waals surface area (Å²) in [6.07, 6.45) is 5.76. The number of likely N-dealkylation sites (tertiary alicyclic amines) is 1. The first kappa shape index (κ1) is 13.9. The van der Waals surface area contributed by atoms with Crippen LogP contribution < -0.4 is 10.6 Å². The van der Waals surface area contributed by atoms with Crippen LogP contribution in [-0.2, 0) is 4.79 Å². The molecule has 0 spiro atoms. The Morgan fingerprint density at radius 3 is 2.47 bits per heavy atom. The van der Waals surface area contributed by atoms with E-state index < -0.39 is 11.9 Å². The largest absolute Gasteiger partial charge is 0.481 e. The number of amides is 2. The van der Waals surface area contributed by atoms with Crippen molar-refractivity contribution in [2.45, 2.75) is 31.3 Å². The summed E-state index contributed by atoms with van der Waals surface area (Å²) in [7, 11) is 2.08. The lowest BCUT2D eigenvalue weighted by molar-refractivity contribution is -0.140. The summed E-state index contributed by atoms with van der Waals surface area (Å²) in [4.78, 5) is 24.8. The summed E-state index contributed by atoms with van der Waals surface area (Å²) in [6, 6.07) is -0.153. The SMILES string of the molecule is CN1CCC(NC(=O)NC2C=CC(C(=O)O)C2)CC1. The zero-order valence-electron chi connectivity index (χ0n) is 11.1. The lowest BCUT2D eigenvalue weighted by Crippen LogP contribution is -2.49. The van der Waals surface area contributed by atoms with E-state index in [-0.39, 0.29) is 18.1 Å². The predicted octanol–water partition coefficient (Wildman–Crippen LogP) is 0.409. The second-order valence-electron chi connectivity index (χ2n) is 5.37. The van der Waals surface area contributed by atoms with E-state index in [4.69, 9.17) is 5.11 Å². The van der Waals surface area contributed by atoms with Crippen LogP contribution in [0.5, 0.6) is 0 Å². The van der Waals surface area contributed by atoms with E-state index >= 15 is 0 Å². The molecular weight excluding hydrogens is 246 g/mol. The monoisotopic (exact) mass is 267 g/mol. The van der Waals surface area contributed by atoms with Crippen LogP contribution in [-0.4, -0.2) is 54.2 Å². The van der Waals surface area contributed by atoms with E-state index in [0.717, 1.165) is 25.9 Å². The summed E-state index contributed by atoms with van der Waals surface area (Å²) in [5, 5.41) is 14.6. The molecule has 1 aliphatic carbocycles. The Morgan fingerprint density at radius 2 is 1.89 bits per heavy atom. The number of hydrogen-bond acceptors (Lipinski definition) is 3. The molecule has 0 radical (unpaired) electrons. The van der Waals surface area contributed by atoms with Gasteiger partial charge in [0.1, 0.15) is 0 Å².